The van der Waals surface area contributed by atoms with Gasteiger partial charge < -0.3 is 15.3 Å². The Morgan fingerprint density at radius 1 is 1.08 bits per heavy atom. The molecule has 0 spiro atoms. The van der Waals surface area contributed by atoms with Gasteiger partial charge in [0.05, 0.1) is 12.2 Å². The average Bonchev–Trinajstić information content (AvgIpc) is 2.81. The van der Waals surface area contributed by atoms with E-state index in [0.717, 1.165) is 32.1 Å². The summed E-state index contributed by atoms with van der Waals surface area (Å²) in [5.74, 6) is 3.72. The van der Waals surface area contributed by atoms with E-state index in [1.54, 1.807) is 0 Å². The van der Waals surface area contributed by atoms with E-state index in [1.165, 1.54) is 5.57 Å². The van der Waals surface area contributed by atoms with Gasteiger partial charge in [0.15, 0.2) is 0 Å². The van der Waals surface area contributed by atoms with E-state index in [0.29, 0.717) is 18.8 Å². The largest absolute Gasteiger partial charge is 0.393 e. The number of fused-ring (bicyclic) bond motifs is 5. The molecule has 0 saturated heterocycles. The van der Waals surface area contributed by atoms with Crippen molar-refractivity contribution < 1.29 is 15.3 Å². The molecule has 3 saturated carbocycles. The van der Waals surface area contributed by atoms with Crippen molar-refractivity contribution in [3.63, 3.8) is 0 Å². The Labute approximate surface area is 155 Å². The van der Waals surface area contributed by atoms with Crippen LogP contribution in [0.4, 0.5) is 0 Å². The fraction of sp³-hybridized carbons (Fsp3) is 0.810. The first kappa shape index (κ1) is 17.9. The fourth-order valence-electron chi connectivity index (χ4n) is 6.93. The van der Waals surface area contributed by atoms with Crippen molar-refractivity contribution in [2.45, 2.75) is 76.6 Å². The second-order valence-corrected chi connectivity index (χ2v) is 9.55. The van der Waals surface area contributed by atoms with E-state index in [9.17, 15) is 15.3 Å². The Morgan fingerprint density at radius 3 is 2.52 bits per heavy atom. The normalized spacial score (nSPS) is 54.5. The van der Waals surface area contributed by atoms with E-state index in [2.05, 4.69) is 25.1 Å². The minimum absolute atomic E-state index is 0.0727. The van der Waals surface area contributed by atoms with Crippen LogP contribution in [-0.2, 0) is 0 Å². The summed E-state index contributed by atoms with van der Waals surface area (Å²) >= 11 is 5.65. The standard InChI is InChI=1S/C21H29ClO3/c1-19-6-3-14(23)11-13(19)12-17(24)18-15(19)4-7-20(2)16(18)5-8-21(20,25)9-10-22/h12,14-18,23-25H,3-8,11H2,1-2H3/t14-,15-,16-,17-,18+,19-,20-,21+/m0/s1. The highest BCUT2D eigenvalue weighted by Gasteiger charge is 2.65. The molecule has 3 fully saturated rings. The van der Waals surface area contributed by atoms with Crippen LogP contribution in [-0.4, -0.2) is 33.1 Å². The van der Waals surface area contributed by atoms with Crippen LogP contribution in [0.15, 0.2) is 11.6 Å². The molecule has 0 heterocycles. The van der Waals surface area contributed by atoms with Crippen molar-refractivity contribution in [3.05, 3.63) is 11.6 Å². The lowest BCUT2D eigenvalue weighted by Gasteiger charge is -2.59. The zero-order valence-electron chi connectivity index (χ0n) is 15.1. The summed E-state index contributed by atoms with van der Waals surface area (Å²) in [5.41, 5.74) is -0.0361. The van der Waals surface area contributed by atoms with Gasteiger partial charge >= 0.3 is 0 Å². The predicted molar refractivity (Wildman–Crippen MR) is 97.7 cm³/mol. The molecule has 25 heavy (non-hydrogen) atoms. The minimum Gasteiger partial charge on any atom is -0.393 e. The number of aliphatic hydroxyl groups excluding tert-OH is 2. The summed E-state index contributed by atoms with van der Waals surface area (Å²) < 4.78 is 0. The molecule has 3 nitrogen and oxygen atoms in total. The first-order valence-electron chi connectivity index (χ1n) is 9.68. The SMILES string of the molecule is C[C@]12CC[C@H](O)CC1=C[C@H](O)[C@@H]1[C@@H]2CC[C@@]2(C)[C@H]1CC[C@@]2(O)C#CCl. The summed E-state index contributed by atoms with van der Waals surface area (Å²) in [6.07, 6.45) is 7.22. The third-order valence-electron chi connectivity index (χ3n) is 8.51. The van der Waals surface area contributed by atoms with Gasteiger partial charge in [-0.2, -0.15) is 0 Å². The van der Waals surface area contributed by atoms with E-state index in [-0.39, 0.29) is 28.8 Å². The van der Waals surface area contributed by atoms with Gasteiger partial charge in [0, 0.05) is 10.8 Å². The Hall–Kier alpha value is -0.530. The zero-order chi connectivity index (χ0) is 18.0. The average molecular weight is 365 g/mol. The Balaban J connectivity index is 1.74. The highest BCUT2D eigenvalue weighted by Crippen LogP contribution is 2.67. The van der Waals surface area contributed by atoms with Crippen LogP contribution in [0, 0.1) is 39.9 Å². The number of aliphatic hydroxyl groups is 3. The molecule has 0 aromatic carbocycles. The van der Waals surface area contributed by atoms with Gasteiger partial charge in [-0.15, -0.1) is 0 Å². The number of halogens is 1. The summed E-state index contributed by atoms with van der Waals surface area (Å²) in [4.78, 5) is 0. The molecule has 8 atom stereocenters. The molecule has 4 aliphatic rings. The summed E-state index contributed by atoms with van der Waals surface area (Å²) in [5, 5.41) is 34.7. The molecule has 0 unspecified atom stereocenters. The quantitative estimate of drug-likeness (QED) is 0.457. The van der Waals surface area contributed by atoms with Gasteiger partial charge in [0.25, 0.3) is 0 Å². The zero-order valence-corrected chi connectivity index (χ0v) is 15.9. The molecule has 138 valence electrons. The number of hydrogen-bond acceptors (Lipinski definition) is 3. The first-order chi connectivity index (χ1) is 11.7. The lowest BCUT2D eigenvalue weighted by atomic mass is 9.46. The van der Waals surface area contributed by atoms with E-state index in [4.69, 9.17) is 11.6 Å². The molecule has 0 aromatic heterocycles. The Morgan fingerprint density at radius 2 is 1.80 bits per heavy atom. The van der Waals surface area contributed by atoms with Crippen molar-refractivity contribution in [1.82, 2.24) is 0 Å². The molecular formula is C21H29ClO3. The summed E-state index contributed by atoms with van der Waals surface area (Å²) in [7, 11) is 0. The van der Waals surface area contributed by atoms with Crippen molar-refractivity contribution in [3.8, 4) is 11.3 Å². The van der Waals surface area contributed by atoms with Crippen LogP contribution in [0.2, 0.25) is 0 Å². The highest BCUT2D eigenvalue weighted by molar-refractivity contribution is 6.30. The maximum atomic E-state index is 11.2. The van der Waals surface area contributed by atoms with Gasteiger partial charge in [-0.05, 0) is 79.7 Å². The van der Waals surface area contributed by atoms with Crippen LogP contribution in [0.25, 0.3) is 0 Å². The molecular weight excluding hydrogens is 336 g/mol. The second kappa shape index (κ2) is 5.73. The van der Waals surface area contributed by atoms with Crippen LogP contribution >= 0.6 is 11.6 Å². The predicted octanol–water partition coefficient (Wildman–Crippen LogP) is 3.21. The third kappa shape index (κ3) is 2.31. The maximum absolute atomic E-state index is 11.2. The Bertz CT molecular complexity index is 664. The molecule has 3 N–H and O–H groups in total. The van der Waals surface area contributed by atoms with E-state index < -0.39 is 11.7 Å². The van der Waals surface area contributed by atoms with Crippen LogP contribution in [0.1, 0.15) is 58.8 Å². The molecule has 0 aromatic rings. The monoisotopic (exact) mass is 364 g/mol. The molecule has 0 radical (unpaired) electrons. The first-order valence-corrected chi connectivity index (χ1v) is 10.1. The molecule has 0 bridgehead atoms. The van der Waals surface area contributed by atoms with Gasteiger partial charge in [-0.1, -0.05) is 31.4 Å². The van der Waals surface area contributed by atoms with Crippen molar-refractivity contribution in [2.75, 3.05) is 0 Å². The van der Waals surface area contributed by atoms with Gasteiger partial charge in [0.1, 0.15) is 5.60 Å². The van der Waals surface area contributed by atoms with Crippen molar-refractivity contribution >= 4 is 11.6 Å². The van der Waals surface area contributed by atoms with E-state index >= 15 is 0 Å². The molecule has 0 aliphatic heterocycles. The third-order valence-corrected chi connectivity index (χ3v) is 8.60. The minimum atomic E-state index is -1.04. The van der Waals surface area contributed by atoms with Crippen molar-refractivity contribution in [2.24, 2.45) is 28.6 Å². The second-order valence-electron chi connectivity index (χ2n) is 9.36. The molecule has 4 rings (SSSR count). The van der Waals surface area contributed by atoms with Crippen molar-refractivity contribution in [1.29, 1.82) is 0 Å². The molecule has 4 heteroatoms. The van der Waals surface area contributed by atoms with Crippen LogP contribution in [0.5, 0.6) is 0 Å². The van der Waals surface area contributed by atoms with E-state index in [1.807, 2.05) is 6.08 Å². The lowest BCUT2D eigenvalue weighted by molar-refractivity contribution is -0.123. The van der Waals surface area contributed by atoms with Gasteiger partial charge in [0.2, 0.25) is 0 Å². The summed E-state index contributed by atoms with van der Waals surface area (Å²) in [6.45, 7) is 4.47. The number of rotatable bonds is 0. The number of hydrogen-bond donors (Lipinski definition) is 3. The van der Waals surface area contributed by atoms with Gasteiger partial charge in [-0.25, -0.2) is 0 Å². The maximum Gasteiger partial charge on any atom is 0.132 e. The molecule has 0 amide bonds. The lowest BCUT2D eigenvalue weighted by Crippen LogP contribution is -2.57. The smallest absolute Gasteiger partial charge is 0.132 e. The van der Waals surface area contributed by atoms with Gasteiger partial charge in [-0.3, -0.25) is 0 Å². The fourth-order valence-corrected chi connectivity index (χ4v) is 7.09. The highest BCUT2D eigenvalue weighted by atomic mass is 35.5. The summed E-state index contributed by atoms with van der Waals surface area (Å²) in [6, 6.07) is 0. The van der Waals surface area contributed by atoms with Crippen LogP contribution < -0.4 is 0 Å². The topological polar surface area (TPSA) is 60.7 Å². The Kier molecular flexibility index (Phi) is 4.10. The van der Waals surface area contributed by atoms with Crippen LogP contribution in [0.3, 0.4) is 0 Å². The molecule has 4 aliphatic carbocycles.